The highest BCUT2D eigenvalue weighted by Crippen LogP contribution is 2.57. The van der Waals surface area contributed by atoms with Crippen LogP contribution in [-0.2, 0) is 18.0 Å². The number of benzene rings is 1. The molecule has 2 unspecified atom stereocenters. The first-order valence-electron chi connectivity index (χ1n) is 9.54. The summed E-state index contributed by atoms with van der Waals surface area (Å²) in [5.41, 5.74) is 4.10. The van der Waals surface area contributed by atoms with Crippen LogP contribution in [0.15, 0.2) is 53.1 Å². The smallest absolute Gasteiger partial charge is 0.479 e. The summed E-state index contributed by atoms with van der Waals surface area (Å²) < 4.78 is 37.3. The third-order valence-corrected chi connectivity index (χ3v) is 6.27. The Labute approximate surface area is 179 Å². The van der Waals surface area contributed by atoms with Gasteiger partial charge in [0.1, 0.15) is 12.4 Å². The van der Waals surface area contributed by atoms with Crippen LogP contribution in [0.4, 0.5) is 0 Å². The number of rotatable bonds is 12. The van der Waals surface area contributed by atoms with Crippen LogP contribution in [0, 0.1) is 0 Å². The molecule has 2 N–H and O–H groups in total. The lowest BCUT2D eigenvalue weighted by Gasteiger charge is -2.13. The maximum Gasteiger partial charge on any atom is 0.479 e. The largest absolute Gasteiger partial charge is 0.490 e. The Bertz CT molecular complexity index is 860. The van der Waals surface area contributed by atoms with Crippen molar-refractivity contribution in [1.29, 1.82) is 0 Å². The minimum Gasteiger partial charge on any atom is -0.490 e. The number of hydrogen-bond donors (Lipinski definition) is 2. The molecule has 0 amide bonds. The lowest BCUT2D eigenvalue weighted by molar-refractivity contribution is 0.210. The molecule has 2 atom stereocenters. The Morgan fingerprint density at radius 1 is 1.00 bits per heavy atom. The van der Waals surface area contributed by atoms with Gasteiger partial charge >= 0.3 is 15.4 Å². The summed E-state index contributed by atoms with van der Waals surface area (Å²) >= 11 is 0. The van der Waals surface area contributed by atoms with Crippen LogP contribution < -0.4 is 4.74 Å². The Morgan fingerprint density at radius 3 is 2.20 bits per heavy atom. The molecule has 30 heavy (non-hydrogen) atoms. The maximum atomic E-state index is 11.6. The van der Waals surface area contributed by atoms with Crippen molar-refractivity contribution in [2.45, 2.75) is 40.5 Å². The summed E-state index contributed by atoms with van der Waals surface area (Å²) in [4.78, 5) is 18.4. The van der Waals surface area contributed by atoms with Crippen molar-refractivity contribution in [3.05, 3.63) is 58.7 Å². The van der Waals surface area contributed by atoms with Crippen molar-refractivity contribution in [3.8, 4) is 5.75 Å². The second-order valence-corrected chi connectivity index (χ2v) is 10.8. The van der Waals surface area contributed by atoms with Gasteiger partial charge in [-0.3, -0.25) is 9.09 Å². The van der Waals surface area contributed by atoms with Gasteiger partial charge in [-0.25, -0.2) is 8.88 Å². The van der Waals surface area contributed by atoms with Crippen LogP contribution in [0.5, 0.6) is 5.75 Å². The lowest BCUT2D eigenvalue weighted by atomic mass is 10.1. The summed E-state index contributed by atoms with van der Waals surface area (Å²) in [5, 5.41) is 0. The monoisotopic (exact) mass is 458 g/mol. The van der Waals surface area contributed by atoms with Gasteiger partial charge in [0.15, 0.2) is 0 Å². The number of phosphoric ester groups is 1. The zero-order valence-corrected chi connectivity index (χ0v) is 20.0. The Morgan fingerprint density at radius 2 is 1.63 bits per heavy atom. The summed E-state index contributed by atoms with van der Waals surface area (Å²) in [6.45, 7) is 9.08. The molecule has 0 aliphatic rings. The quantitative estimate of drug-likeness (QED) is 0.288. The van der Waals surface area contributed by atoms with E-state index >= 15 is 0 Å². The summed E-state index contributed by atoms with van der Waals surface area (Å²) in [6.07, 6.45) is 8.11. The van der Waals surface area contributed by atoms with E-state index in [0.717, 1.165) is 30.8 Å². The first kappa shape index (κ1) is 26.6. The van der Waals surface area contributed by atoms with E-state index in [4.69, 9.17) is 14.2 Å². The van der Waals surface area contributed by atoms with Gasteiger partial charge in [0.25, 0.3) is 0 Å². The molecule has 1 aromatic rings. The Balaban J connectivity index is 2.52. The van der Waals surface area contributed by atoms with Gasteiger partial charge in [-0.05, 0) is 69.9 Å². The highest BCUT2D eigenvalue weighted by molar-refractivity contribution is 7.63. The molecule has 0 fully saturated rings. The first-order valence-corrected chi connectivity index (χ1v) is 13.1. The summed E-state index contributed by atoms with van der Waals surface area (Å²) in [7, 11) is -8.72. The van der Waals surface area contributed by atoms with Crippen molar-refractivity contribution in [1.82, 2.24) is 0 Å². The standard InChI is InChI=1S/C21H32O7P2/c1-17(2)7-6-8-18(3)13-14-26-21-11-9-20(10-12-21)15-19(4)16-27-30(24,25)28-29(5,22)23/h7,9-13,15H,6,8,14,16H2,1-5H3,(H,22,23)(H,24,25)/b18-13+,19-15+. The second kappa shape index (κ2) is 12.4. The van der Waals surface area contributed by atoms with E-state index in [9.17, 15) is 14.0 Å². The fraction of sp³-hybridized carbons (Fsp3) is 0.429. The first-order chi connectivity index (χ1) is 13.9. The van der Waals surface area contributed by atoms with Crippen LogP contribution >= 0.6 is 15.4 Å². The molecule has 0 saturated carbocycles. The van der Waals surface area contributed by atoms with Crippen LogP contribution in [-0.4, -0.2) is 29.7 Å². The molecule has 0 spiro atoms. The Kier molecular flexibility index (Phi) is 11.0. The van der Waals surface area contributed by atoms with Crippen molar-refractivity contribution in [2.75, 3.05) is 19.9 Å². The fourth-order valence-corrected chi connectivity index (χ4v) is 4.44. The molecule has 0 radical (unpaired) electrons. The van der Waals surface area contributed by atoms with Gasteiger partial charge < -0.3 is 14.5 Å². The van der Waals surface area contributed by atoms with Gasteiger partial charge in [-0.15, -0.1) is 0 Å². The number of phosphoric acid groups is 1. The highest BCUT2D eigenvalue weighted by atomic mass is 31.3. The van der Waals surface area contributed by atoms with Gasteiger partial charge in [0.2, 0.25) is 0 Å². The predicted octanol–water partition coefficient (Wildman–Crippen LogP) is 6.11. The average molecular weight is 458 g/mol. The number of hydrogen-bond acceptors (Lipinski definition) is 5. The maximum absolute atomic E-state index is 11.6. The normalized spacial score (nSPS) is 16.5. The third-order valence-electron chi connectivity index (χ3n) is 3.78. The molecule has 168 valence electrons. The van der Waals surface area contributed by atoms with Crippen LogP contribution in [0.3, 0.4) is 0 Å². The number of ether oxygens (including phenoxy) is 1. The molecule has 0 aromatic heterocycles. The van der Waals surface area contributed by atoms with E-state index < -0.39 is 15.4 Å². The predicted molar refractivity (Wildman–Crippen MR) is 121 cm³/mol. The molecule has 0 aliphatic heterocycles. The van der Waals surface area contributed by atoms with Gasteiger partial charge in [0.05, 0.1) is 6.61 Å². The van der Waals surface area contributed by atoms with E-state index in [2.05, 4.69) is 37.2 Å². The van der Waals surface area contributed by atoms with Crippen LogP contribution in [0.1, 0.15) is 46.1 Å². The van der Waals surface area contributed by atoms with E-state index in [0.29, 0.717) is 12.2 Å². The minimum absolute atomic E-state index is 0.219. The highest BCUT2D eigenvalue weighted by Gasteiger charge is 2.29. The van der Waals surface area contributed by atoms with E-state index in [1.54, 1.807) is 13.0 Å². The SMILES string of the molecule is CC(C)=CCC/C(C)=C/COc1ccc(/C=C(\C)COP(=O)(O)OP(C)(=O)O)cc1. The molecular formula is C21H32O7P2. The summed E-state index contributed by atoms with van der Waals surface area (Å²) in [5.74, 6) is 0.740. The molecule has 0 aliphatic carbocycles. The van der Waals surface area contributed by atoms with E-state index in [1.165, 1.54) is 11.1 Å². The van der Waals surface area contributed by atoms with Gasteiger partial charge in [0, 0.05) is 6.66 Å². The third kappa shape index (κ3) is 13.0. The molecular weight excluding hydrogens is 426 g/mol. The van der Waals surface area contributed by atoms with Crippen molar-refractivity contribution in [2.24, 2.45) is 0 Å². The van der Waals surface area contributed by atoms with Gasteiger partial charge in [-0.1, -0.05) is 35.4 Å². The topological polar surface area (TPSA) is 102 Å². The fourth-order valence-electron chi connectivity index (χ4n) is 2.36. The summed E-state index contributed by atoms with van der Waals surface area (Å²) in [6, 6.07) is 7.39. The van der Waals surface area contributed by atoms with Gasteiger partial charge in [-0.2, -0.15) is 0 Å². The zero-order valence-electron chi connectivity index (χ0n) is 18.2. The molecule has 0 heterocycles. The number of allylic oxidation sites excluding steroid dienone is 3. The van der Waals surface area contributed by atoms with Crippen LogP contribution in [0.25, 0.3) is 6.08 Å². The van der Waals surface area contributed by atoms with E-state index in [1.807, 2.05) is 24.3 Å². The molecule has 0 bridgehead atoms. The van der Waals surface area contributed by atoms with Crippen molar-refractivity contribution >= 4 is 21.5 Å². The molecule has 0 saturated heterocycles. The average Bonchev–Trinajstić information content (AvgIpc) is 2.59. The second-order valence-electron chi connectivity index (χ2n) is 7.37. The van der Waals surface area contributed by atoms with Crippen molar-refractivity contribution < 1.29 is 32.5 Å². The molecule has 1 rings (SSSR count). The van der Waals surface area contributed by atoms with Crippen LogP contribution in [0.2, 0.25) is 0 Å². The Hall–Kier alpha value is -1.46. The molecule has 9 heteroatoms. The molecule has 7 nitrogen and oxygen atoms in total. The molecule has 1 aromatic carbocycles. The van der Waals surface area contributed by atoms with E-state index in [-0.39, 0.29) is 6.61 Å². The minimum atomic E-state index is -4.60. The van der Waals surface area contributed by atoms with Crippen molar-refractivity contribution in [3.63, 3.8) is 0 Å². The lowest BCUT2D eigenvalue weighted by Crippen LogP contribution is -1.97. The zero-order chi connectivity index (χ0) is 22.8.